The molecule has 136 valence electrons. The molecule has 0 saturated carbocycles. The molecule has 1 aliphatic heterocycles. The van der Waals surface area contributed by atoms with Gasteiger partial charge in [0, 0.05) is 38.0 Å². The van der Waals surface area contributed by atoms with Crippen molar-refractivity contribution in [2.24, 2.45) is 5.92 Å². The summed E-state index contributed by atoms with van der Waals surface area (Å²) in [6.45, 7) is 2.63. The molecule has 0 bridgehead atoms. The van der Waals surface area contributed by atoms with Crippen LogP contribution in [0.15, 0.2) is 35.0 Å². The lowest BCUT2D eigenvalue weighted by molar-refractivity contribution is -0.125. The van der Waals surface area contributed by atoms with Crippen LogP contribution in [0.5, 0.6) is 0 Å². The summed E-state index contributed by atoms with van der Waals surface area (Å²) >= 11 is 0. The summed E-state index contributed by atoms with van der Waals surface area (Å²) in [5.41, 5.74) is 2.37. The number of hydrogen-bond acceptors (Lipinski definition) is 6. The monoisotopic (exact) mass is 354 g/mol. The number of hydrogen-bond donors (Lipinski definition) is 1. The standard InChI is InChI=1S/C19H22N4O3/c1-25-11-8-20-19(24)13-6-9-23(10-7-13)18-17-16(21-12-22-18)14-4-2-3-5-15(14)26-17/h2-5,12-13H,6-11H2,1H3,(H,20,24). The number of methoxy groups -OCH3 is 1. The largest absolute Gasteiger partial charge is 0.450 e. The number of rotatable bonds is 5. The molecule has 0 atom stereocenters. The van der Waals surface area contributed by atoms with Gasteiger partial charge in [-0.2, -0.15) is 0 Å². The van der Waals surface area contributed by atoms with Gasteiger partial charge < -0.3 is 19.4 Å². The van der Waals surface area contributed by atoms with Crippen molar-refractivity contribution >= 4 is 33.8 Å². The fraction of sp³-hybridized carbons (Fsp3) is 0.421. The second-order valence-electron chi connectivity index (χ2n) is 6.52. The normalized spacial score (nSPS) is 15.7. The fourth-order valence-corrected chi connectivity index (χ4v) is 3.51. The van der Waals surface area contributed by atoms with Gasteiger partial charge in [-0.1, -0.05) is 12.1 Å². The van der Waals surface area contributed by atoms with Crippen molar-refractivity contribution in [2.75, 3.05) is 38.3 Å². The molecule has 7 nitrogen and oxygen atoms in total. The van der Waals surface area contributed by atoms with Gasteiger partial charge in [0.25, 0.3) is 0 Å². The SMILES string of the molecule is COCCNC(=O)C1CCN(c2ncnc3c2oc2ccccc23)CC1. The van der Waals surface area contributed by atoms with Crippen LogP contribution in [-0.4, -0.2) is 49.2 Å². The summed E-state index contributed by atoms with van der Waals surface area (Å²) < 4.78 is 11.0. The number of piperidine rings is 1. The third-order valence-electron chi connectivity index (χ3n) is 4.91. The Bertz CT molecular complexity index is 915. The Morgan fingerprint density at radius 3 is 2.92 bits per heavy atom. The van der Waals surface area contributed by atoms with Crippen LogP contribution in [-0.2, 0) is 9.53 Å². The number of nitrogens with one attached hydrogen (secondary N) is 1. The van der Waals surface area contributed by atoms with Crippen LogP contribution in [0.2, 0.25) is 0 Å². The van der Waals surface area contributed by atoms with Crippen LogP contribution in [0.25, 0.3) is 22.1 Å². The molecule has 1 aliphatic rings. The van der Waals surface area contributed by atoms with E-state index in [9.17, 15) is 4.79 Å². The maximum absolute atomic E-state index is 12.2. The highest BCUT2D eigenvalue weighted by molar-refractivity contribution is 6.05. The molecule has 0 radical (unpaired) electrons. The number of para-hydroxylation sites is 1. The first kappa shape index (κ1) is 16.8. The van der Waals surface area contributed by atoms with E-state index < -0.39 is 0 Å². The van der Waals surface area contributed by atoms with Crippen molar-refractivity contribution in [1.82, 2.24) is 15.3 Å². The highest BCUT2D eigenvalue weighted by Gasteiger charge is 2.27. The maximum Gasteiger partial charge on any atom is 0.223 e. The number of carbonyl (C=O) groups is 1. The van der Waals surface area contributed by atoms with E-state index >= 15 is 0 Å². The van der Waals surface area contributed by atoms with Gasteiger partial charge in [0.2, 0.25) is 5.91 Å². The van der Waals surface area contributed by atoms with Crippen LogP contribution in [0.1, 0.15) is 12.8 Å². The summed E-state index contributed by atoms with van der Waals surface area (Å²) in [6.07, 6.45) is 3.18. The molecular weight excluding hydrogens is 332 g/mol. The number of aromatic nitrogens is 2. The average Bonchev–Trinajstić information content (AvgIpc) is 3.07. The molecule has 1 saturated heterocycles. The summed E-state index contributed by atoms with van der Waals surface area (Å²) in [5, 5.41) is 3.93. The zero-order valence-electron chi connectivity index (χ0n) is 14.8. The van der Waals surface area contributed by atoms with E-state index in [2.05, 4.69) is 20.2 Å². The van der Waals surface area contributed by atoms with E-state index in [0.29, 0.717) is 13.2 Å². The van der Waals surface area contributed by atoms with E-state index in [1.807, 2.05) is 24.3 Å². The van der Waals surface area contributed by atoms with Crippen LogP contribution in [0.4, 0.5) is 5.82 Å². The molecule has 0 spiro atoms. The Hall–Kier alpha value is -2.67. The Kier molecular flexibility index (Phi) is 4.71. The molecule has 1 fully saturated rings. The minimum atomic E-state index is 0.0381. The first-order valence-electron chi connectivity index (χ1n) is 8.92. The van der Waals surface area contributed by atoms with Gasteiger partial charge in [-0.25, -0.2) is 9.97 Å². The predicted octanol–water partition coefficient (Wildman–Crippen LogP) is 2.36. The Balaban J connectivity index is 1.50. The number of anilines is 1. The predicted molar refractivity (Wildman–Crippen MR) is 99.1 cm³/mol. The van der Waals surface area contributed by atoms with Crippen molar-refractivity contribution in [3.63, 3.8) is 0 Å². The zero-order chi connectivity index (χ0) is 17.9. The van der Waals surface area contributed by atoms with Crippen LogP contribution >= 0.6 is 0 Å². The van der Waals surface area contributed by atoms with Crippen molar-refractivity contribution in [2.45, 2.75) is 12.8 Å². The highest BCUT2D eigenvalue weighted by atomic mass is 16.5. The third kappa shape index (κ3) is 3.10. The van der Waals surface area contributed by atoms with Crippen LogP contribution in [0.3, 0.4) is 0 Å². The second-order valence-corrected chi connectivity index (χ2v) is 6.52. The molecule has 26 heavy (non-hydrogen) atoms. The zero-order valence-corrected chi connectivity index (χ0v) is 14.8. The van der Waals surface area contributed by atoms with Gasteiger partial charge in [-0.05, 0) is 25.0 Å². The number of benzene rings is 1. The van der Waals surface area contributed by atoms with Crippen LogP contribution in [0, 0.1) is 5.92 Å². The fourth-order valence-electron chi connectivity index (χ4n) is 3.51. The molecule has 4 rings (SSSR count). The molecule has 0 unspecified atom stereocenters. The van der Waals surface area contributed by atoms with Gasteiger partial charge in [-0.3, -0.25) is 4.79 Å². The minimum absolute atomic E-state index is 0.0381. The number of carbonyl (C=O) groups excluding carboxylic acids is 1. The number of furan rings is 1. The van der Waals surface area contributed by atoms with Crippen molar-refractivity contribution in [3.05, 3.63) is 30.6 Å². The summed E-state index contributed by atoms with van der Waals surface area (Å²) in [4.78, 5) is 23.3. The third-order valence-corrected chi connectivity index (χ3v) is 4.91. The van der Waals surface area contributed by atoms with E-state index in [-0.39, 0.29) is 11.8 Å². The van der Waals surface area contributed by atoms with Crippen molar-refractivity contribution < 1.29 is 13.9 Å². The molecule has 3 heterocycles. The minimum Gasteiger partial charge on any atom is -0.450 e. The summed E-state index contributed by atoms with van der Waals surface area (Å²) in [6, 6.07) is 7.88. The second kappa shape index (κ2) is 7.29. The lowest BCUT2D eigenvalue weighted by Gasteiger charge is -2.31. The van der Waals surface area contributed by atoms with E-state index in [1.54, 1.807) is 13.4 Å². The Morgan fingerprint density at radius 2 is 2.12 bits per heavy atom. The summed E-state index contributed by atoms with van der Waals surface area (Å²) in [5.74, 6) is 0.957. The maximum atomic E-state index is 12.2. The number of nitrogens with zero attached hydrogens (tertiary/aromatic N) is 3. The number of fused-ring (bicyclic) bond motifs is 3. The molecule has 1 aromatic carbocycles. The lowest BCUT2D eigenvalue weighted by Crippen LogP contribution is -2.41. The van der Waals surface area contributed by atoms with E-state index in [4.69, 9.17) is 9.15 Å². The molecule has 7 heteroatoms. The topological polar surface area (TPSA) is 80.5 Å². The Morgan fingerprint density at radius 1 is 1.31 bits per heavy atom. The van der Waals surface area contributed by atoms with Crippen molar-refractivity contribution in [3.8, 4) is 0 Å². The van der Waals surface area contributed by atoms with Gasteiger partial charge in [0.05, 0.1) is 6.61 Å². The first-order chi connectivity index (χ1) is 12.8. The number of amides is 1. The quantitative estimate of drug-likeness (QED) is 0.709. The lowest BCUT2D eigenvalue weighted by atomic mass is 9.96. The van der Waals surface area contributed by atoms with Gasteiger partial charge >= 0.3 is 0 Å². The molecule has 0 aliphatic carbocycles. The molecule has 1 N–H and O–H groups in total. The average molecular weight is 354 g/mol. The molecule has 3 aromatic rings. The van der Waals surface area contributed by atoms with Crippen LogP contribution < -0.4 is 10.2 Å². The highest BCUT2D eigenvalue weighted by Crippen LogP contribution is 2.33. The smallest absolute Gasteiger partial charge is 0.223 e. The van der Waals surface area contributed by atoms with Crippen molar-refractivity contribution in [1.29, 1.82) is 0 Å². The first-order valence-corrected chi connectivity index (χ1v) is 8.92. The van der Waals surface area contributed by atoms with E-state index in [1.165, 1.54) is 0 Å². The molecule has 1 amide bonds. The number of ether oxygens (including phenoxy) is 1. The summed E-state index contributed by atoms with van der Waals surface area (Å²) in [7, 11) is 1.63. The van der Waals surface area contributed by atoms with Gasteiger partial charge in [-0.15, -0.1) is 0 Å². The Labute approximate surface area is 151 Å². The van der Waals surface area contributed by atoms with E-state index in [0.717, 1.165) is 53.8 Å². The molecular formula is C19H22N4O3. The molecule has 2 aromatic heterocycles. The van der Waals surface area contributed by atoms with Gasteiger partial charge in [0.15, 0.2) is 11.4 Å². The van der Waals surface area contributed by atoms with Gasteiger partial charge in [0.1, 0.15) is 17.4 Å².